The van der Waals surface area contributed by atoms with Crippen LogP contribution in [0.4, 0.5) is 11.4 Å². The smallest absolute Gasteiger partial charge is 0.266 e. The quantitative estimate of drug-likeness (QED) is 0.314. The summed E-state index contributed by atoms with van der Waals surface area (Å²) in [7, 11) is 0. The number of carbonyl (C=O) groups is 2. The Balaban J connectivity index is 1.70. The third-order valence-electron chi connectivity index (χ3n) is 4.98. The van der Waals surface area contributed by atoms with Crippen LogP contribution in [0, 0.1) is 11.3 Å². The molecule has 0 aliphatic rings. The van der Waals surface area contributed by atoms with E-state index >= 15 is 0 Å². The van der Waals surface area contributed by atoms with E-state index in [2.05, 4.69) is 17.6 Å². The van der Waals surface area contributed by atoms with Crippen LogP contribution in [0.5, 0.6) is 11.5 Å². The molecule has 3 aromatic carbocycles. The van der Waals surface area contributed by atoms with Crippen LogP contribution < -0.4 is 20.1 Å². The standard InChI is InChI=1S/C28H27N3O4/c1-3-20-10-13-24(14-11-20)31-28(33)22(18-29)16-21-12-15-25(26(17-21)34-4-2)35-19-27(32)30-23-8-6-5-7-9-23/h5-17H,3-4,19H2,1-2H3,(H,30,32)(H,31,33)/b22-16+. The van der Waals surface area contributed by atoms with Crippen molar-refractivity contribution in [3.63, 3.8) is 0 Å². The van der Waals surface area contributed by atoms with Gasteiger partial charge in [-0.25, -0.2) is 0 Å². The summed E-state index contributed by atoms with van der Waals surface area (Å²) in [4.78, 5) is 24.8. The number of amides is 2. The van der Waals surface area contributed by atoms with E-state index in [0.29, 0.717) is 35.0 Å². The topological polar surface area (TPSA) is 100 Å². The van der Waals surface area contributed by atoms with Gasteiger partial charge < -0.3 is 20.1 Å². The van der Waals surface area contributed by atoms with Gasteiger partial charge in [-0.2, -0.15) is 5.26 Å². The van der Waals surface area contributed by atoms with Gasteiger partial charge in [0.2, 0.25) is 0 Å². The number of nitriles is 1. The largest absolute Gasteiger partial charge is 0.490 e. The third kappa shape index (κ3) is 7.47. The van der Waals surface area contributed by atoms with Crippen molar-refractivity contribution >= 4 is 29.3 Å². The maximum atomic E-state index is 12.6. The lowest BCUT2D eigenvalue weighted by atomic mass is 10.1. The molecule has 178 valence electrons. The monoisotopic (exact) mass is 469 g/mol. The fraction of sp³-hybridized carbons (Fsp3) is 0.179. The first-order valence-electron chi connectivity index (χ1n) is 11.3. The fourth-order valence-electron chi connectivity index (χ4n) is 3.20. The molecule has 7 nitrogen and oxygen atoms in total. The molecule has 0 bridgehead atoms. The van der Waals surface area contributed by atoms with Crippen LogP contribution >= 0.6 is 0 Å². The molecule has 0 spiro atoms. The Hall–Kier alpha value is -4.57. The Bertz CT molecular complexity index is 1230. The molecule has 2 N–H and O–H groups in total. The average Bonchev–Trinajstić information content (AvgIpc) is 2.88. The number of anilines is 2. The molecule has 0 unspecified atom stereocenters. The van der Waals surface area contributed by atoms with Crippen molar-refractivity contribution in [2.45, 2.75) is 20.3 Å². The van der Waals surface area contributed by atoms with Gasteiger partial charge in [-0.1, -0.05) is 43.3 Å². The Morgan fingerprint density at radius 1 is 0.886 bits per heavy atom. The van der Waals surface area contributed by atoms with E-state index in [1.807, 2.05) is 43.3 Å². The van der Waals surface area contributed by atoms with Crippen LogP contribution in [0.2, 0.25) is 0 Å². The van der Waals surface area contributed by atoms with Gasteiger partial charge in [0, 0.05) is 11.4 Å². The summed E-state index contributed by atoms with van der Waals surface area (Å²) in [5.41, 5.74) is 2.98. The lowest BCUT2D eigenvalue weighted by Gasteiger charge is -2.13. The van der Waals surface area contributed by atoms with E-state index in [1.165, 1.54) is 6.08 Å². The second kappa shape index (κ2) is 12.6. The highest BCUT2D eigenvalue weighted by atomic mass is 16.5. The molecular weight excluding hydrogens is 442 g/mol. The van der Waals surface area contributed by atoms with Gasteiger partial charge in [0.05, 0.1) is 6.61 Å². The lowest BCUT2D eigenvalue weighted by Crippen LogP contribution is -2.20. The number of ether oxygens (including phenoxy) is 2. The second-order valence-electron chi connectivity index (χ2n) is 7.52. The van der Waals surface area contributed by atoms with Crippen molar-refractivity contribution in [1.29, 1.82) is 5.26 Å². The number of hydrogen-bond donors (Lipinski definition) is 2. The van der Waals surface area contributed by atoms with Crippen molar-refractivity contribution in [2.24, 2.45) is 0 Å². The van der Waals surface area contributed by atoms with Crippen molar-refractivity contribution in [3.05, 3.63) is 89.5 Å². The SMILES string of the molecule is CCOc1cc(/C=C(\C#N)C(=O)Nc2ccc(CC)cc2)ccc1OCC(=O)Nc1ccccc1. The van der Waals surface area contributed by atoms with E-state index in [0.717, 1.165) is 12.0 Å². The molecule has 0 saturated heterocycles. The molecule has 3 aromatic rings. The van der Waals surface area contributed by atoms with Gasteiger partial charge >= 0.3 is 0 Å². The molecule has 0 aliphatic heterocycles. The lowest BCUT2D eigenvalue weighted by molar-refractivity contribution is -0.118. The minimum Gasteiger partial charge on any atom is -0.490 e. The van der Waals surface area contributed by atoms with Crippen LogP contribution in [-0.2, 0) is 16.0 Å². The number of nitrogens with one attached hydrogen (secondary N) is 2. The van der Waals surface area contributed by atoms with Gasteiger partial charge in [0.25, 0.3) is 11.8 Å². The zero-order valence-electron chi connectivity index (χ0n) is 19.7. The van der Waals surface area contributed by atoms with Gasteiger partial charge in [0.1, 0.15) is 11.6 Å². The van der Waals surface area contributed by atoms with Crippen LogP contribution in [0.3, 0.4) is 0 Å². The highest BCUT2D eigenvalue weighted by molar-refractivity contribution is 6.09. The molecule has 7 heteroatoms. The van der Waals surface area contributed by atoms with Gasteiger partial charge in [-0.15, -0.1) is 0 Å². The second-order valence-corrected chi connectivity index (χ2v) is 7.52. The summed E-state index contributed by atoms with van der Waals surface area (Å²) < 4.78 is 11.3. The molecule has 35 heavy (non-hydrogen) atoms. The number of aryl methyl sites for hydroxylation is 1. The first-order valence-corrected chi connectivity index (χ1v) is 11.3. The fourth-order valence-corrected chi connectivity index (χ4v) is 3.20. The number of rotatable bonds is 10. The predicted molar refractivity (Wildman–Crippen MR) is 136 cm³/mol. The van der Waals surface area contributed by atoms with Crippen LogP contribution in [0.1, 0.15) is 25.0 Å². The van der Waals surface area contributed by atoms with Crippen molar-refractivity contribution in [1.82, 2.24) is 0 Å². The maximum Gasteiger partial charge on any atom is 0.266 e. The summed E-state index contributed by atoms with van der Waals surface area (Å²) in [5, 5.41) is 15.0. The summed E-state index contributed by atoms with van der Waals surface area (Å²) >= 11 is 0. The Morgan fingerprint density at radius 2 is 1.60 bits per heavy atom. The van der Waals surface area contributed by atoms with Crippen molar-refractivity contribution in [3.8, 4) is 17.6 Å². The summed E-state index contributed by atoms with van der Waals surface area (Å²) in [6.07, 6.45) is 2.38. The zero-order valence-corrected chi connectivity index (χ0v) is 19.7. The van der Waals surface area contributed by atoms with E-state index < -0.39 is 5.91 Å². The molecule has 0 aromatic heterocycles. The summed E-state index contributed by atoms with van der Waals surface area (Å²) in [6.45, 7) is 4.05. The molecule has 0 heterocycles. The van der Waals surface area contributed by atoms with E-state index in [9.17, 15) is 14.9 Å². The molecule has 0 fully saturated rings. The first-order chi connectivity index (χ1) is 17.0. The van der Waals surface area contributed by atoms with Gasteiger partial charge in [-0.3, -0.25) is 9.59 Å². The summed E-state index contributed by atoms with van der Waals surface area (Å²) in [5.74, 6) is -0.0292. The zero-order chi connectivity index (χ0) is 25.0. The Labute approximate surface area is 205 Å². The van der Waals surface area contributed by atoms with Gasteiger partial charge in [-0.05, 0) is 66.9 Å². The molecule has 0 aliphatic carbocycles. The predicted octanol–water partition coefficient (Wildman–Crippen LogP) is 5.21. The molecular formula is C28H27N3O4. The molecule has 0 radical (unpaired) electrons. The van der Waals surface area contributed by atoms with Crippen LogP contribution in [-0.4, -0.2) is 25.0 Å². The maximum absolute atomic E-state index is 12.6. The van der Waals surface area contributed by atoms with Gasteiger partial charge in [0.15, 0.2) is 18.1 Å². The average molecular weight is 470 g/mol. The highest BCUT2D eigenvalue weighted by Gasteiger charge is 2.13. The van der Waals surface area contributed by atoms with Crippen molar-refractivity contribution < 1.29 is 19.1 Å². The summed E-state index contributed by atoms with van der Waals surface area (Å²) in [6, 6.07) is 23.5. The first kappa shape index (κ1) is 25.1. The van der Waals surface area contributed by atoms with Crippen molar-refractivity contribution in [2.75, 3.05) is 23.8 Å². The number of para-hydroxylation sites is 1. The molecule has 3 rings (SSSR count). The van der Waals surface area contributed by atoms with E-state index in [-0.39, 0.29) is 18.1 Å². The number of hydrogen-bond acceptors (Lipinski definition) is 5. The minimum absolute atomic E-state index is 0.0528. The van der Waals surface area contributed by atoms with Crippen LogP contribution in [0.25, 0.3) is 6.08 Å². The molecule has 0 saturated carbocycles. The number of nitrogens with zero attached hydrogens (tertiary/aromatic N) is 1. The number of carbonyl (C=O) groups excluding carboxylic acids is 2. The third-order valence-corrected chi connectivity index (χ3v) is 4.98. The molecule has 2 amide bonds. The Morgan fingerprint density at radius 3 is 2.26 bits per heavy atom. The number of benzene rings is 3. The molecule has 0 atom stereocenters. The van der Waals surface area contributed by atoms with E-state index in [4.69, 9.17) is 9.47 Å². The highest BCUT2D eigenvalue weighted by Crippen LogP contribution is 2.29. The Kier molecular flexibility index (Phi) is 9.03. The minimum atomic E-state index is -0.507. The normalized spacial score (nSPS) is 10.7. The van der Waals surface area contributed by atoms with Crippen LogP contribution in [0.15, 0.2) is 78.4 Å². The van der Waals surface area contributed by atoms with E-state index in [1.54, 1.807) is 42.5 Å².